The number of carbonyl (C=O) groups is 1. The lowest BCUT2D eigenvalue weighted by Gasteiger charge is -2.11. The summed E-state index contributed by atoms with van der Waals surface area (Å²) in [6.45, 7) is 1.92. The van der Waals surface area contributed by atoms with Crippen LogP contribution in [0.2, 0.25) is 0 Å². The van der Waals surface area contributed by atoms with E-state index in [0.29, 0.717) is 28.2 Å². The maximum atomic E-state index is 13.8. The molecule has 0 aromatic heterocycles. The molecule has 3 aromatic carbocycles. The number of halogens is 1. The lowest BCUT2D eigenvalue weighted by Crippen LogP contribution is -2.00. The Kier molecular flexibility index (Phi) is 5.25. The normalized spacial score (nSPS) is 14.3. The Bertz CT molecular complexity index is 1110. The fourth-order valence-electron chi connectivity index (χ4n) is 3.12. The number of hydrogen-bond donors (Lipinski definition) is 0. The Morgan fingerprint density at radius 3 is 2.55 bits per heavy atom. The number of benzene rings is 3. The van der Waals surface area contributed by atoms with E-state index < -0.39 is 0 Å². The van der Waals surface area contributed by atoms with Crippen molar-refractivity contribution in [3.05, 3.63) is 113 Å². The molecule has 4 heteroatoms. The number of ketones is 1. The fourth-order valence-corrected chi connectivity index (χ4v) is 3.12. The lowest BCUT2D eigenvalue weighted by atomic mass is 10.1. The SMILES string of the molecule is Cc1c(OCc2ccccc2F)ccc2c1O/C(=C\C=C\c1ccccc1)C2=O. The van der Waals surface area contributed by atoms with E-state index in [2.05, 4.69) is 0 Å². The molecule has 0 N–H and O–H groups in total. The van der Waals surface area contributed by atoms with Gasteiger partial charge in [0.05, 0.1) is 5.56 Å². The highest BCUT2D eigenvalue weighted by atomic mass is 19.1. The molecule has 29 heavy (non-hydrogen) atoms. The molecule has 0 aliphatic carbocycles. The quantitative estimate of drug-likeness (QED) is 0.513. The van der Waals surface area contributed by atoms with Gasteiger partial charge in [-0.15, -0.1) is 0 Å². The second-order valence-corrected chi connectivity index (χ2v) is 6.68. The van der Waals surface area contributed by atoms with Gasteiger partial charge in [0.15, 0.2) is 5.76 Å². The smallest absolute Gasteiger partial charge is 0.231 e. The van der Waals surface area contributed by atoms with Gasteiger partial charge >= 0.3 is 0 Å². The summed E-state index contributed by atoms with van der Waals surface area (Å²) in [6, 6.07) is 19.7. The van der Waals surface area contributed by atoms with Gasteiger partial charge in [-0.3, -0.25) is 4.79 Å². The molecule has 0 unspecified atom stereocenters. The van der Waals surface area contributed by atoms with Crippen LogP contribution in [-0.2, 0) is 6.61 Å². The maximum Gasteiger partial charge on any atom is 0.231 e. The zero-order valence-electron chi connectivity index (χ0n) is 15.9. The summed E-state index contributed by atoms with van der Waals surface area (Å²) in [4.78, 5) is 12.6. The van der Waals surface area contributed by atoms with Gasteiger partial charge in [0.25, 0.3) is 0 Å². The minimum Gasteiger partial charge on any atom is -0.488 e. The highest BCUT2D eigenvalue weighted by Gasteiger charge is 2.29. The molecule has 144 valence electrons. The van der Waals surface area contributed by atoms with Crippen molar-refractivity contribution in [3.63, 3.8) is 0 Å². The third kappa shape index (κ3) is 3.97. The molecule has 0 radical (unpaired) electrons. The van der Waals surface area contributed by atoms with Gasteiger partial charge in [0.2, 0.25) is 5.78 Å². The van der Waals surface area contributed by atoms with Crippen LogP contribution in [0.4, 0.5) is 4.39 Å². The molecule has 3 aromatic rings. The Morgan fingerprint density at radius 2 is 1.76 bits per heavy atom. The number of carbonyl (C=O) groups excluding carboxylic acids is 1. The predicted octanol–water partition coefficient (Wildman–Crippen LogP) is 5.89. The lowest BCUT2D eigenvalue weighted by molar-refractivity contribution is 0.101. The largest absolute Gasteiger partial charge is 0.488 e. The highest BCUT2D eigenvalue weighted by Crippen LogP contribution is 2.39. The summed E-state index contributed by atoms with van der Waals surface area (Å²) in [5, 5.41) is 0. The summed E-state index contributed by atoms with van der Waals surface area (Å²) in [6.07, 6.45) is 5.36. The molecule has 3 nitrogen and oxygen atoms in total. The second-order valence-electron chi connectivity index (χ2n) is 6.68. The predicted molar refractivity (Wildman–Crippen MR) is 110 cm³/mol. The van der Waals surface area contributed by atoms with Crippen LogP contribution in [0.5, 0.6) is 11.5 Å². The van der Waals surface area contributed by atoms with Crippen LogP contribution in [0.25, 0.3) is 6.08 Å². The van der Waals surface area contributed by atoms with Crippen molar-refractivity contribution >= 4 is 11.9 Å². The van der Waals surface area contributed by atoms with E-state index in [9.17, 15) is 9.18 Å². The molecule has 0 saturated heterocycles. The highest BCUT2D eigenvalue weighted by molar-refractivity contribution is 6.12. The van der Waals surface area contributed by atoms with Gasteiger partial charge in [-0.2, -0.15) is 0 Å². The first-order valence-electron chi connectivity index (χ1n) is 9.29. The van der Waals surface area contributed by atoms with Crippen LogP contribution in [0, 0.1) is 12.7 Å². The van der Waals surface area contributed by atoms with Crippen molar-refractivity contribution in [2.75, 3.05) is 0 Å². The number of ether oxygens (including phenoxy) is 2. The van der Waals surface area contributed by atoms with E-state index in [0.717, 1.165) is 5.56 Å². The molecule has 0 amide bonds. The van der Waals surface area contributed by atoms with Crippen LogP contribution in [0.1, 0.15) is 27.0 Å². The first-order chi connectivity index (χ1) is 14.1. The summed E-state index contributed by atoms with van der Waals surface area (Å²) >= 11 is 0. The van der Waals surface area contributed by atoms with Gasteiger partial charge < -0.3 is 9.47 Å². The van der Waals surface area contributed by atoms with Gasteiger partial charge in [-0.05, 0) is 36.8 Å². The van der Waals surface area contributed by atoms with Crippen LogP contribution in [0.15, 0.2) is 84.6 Å². The van der Waals surface area contributed by atoms with Crippen LogP contribution in [0.3, 0.4) is 0 Å². The number of allylic oxidation sites excluding steroid dienone is 3. The molecule has 0 fully saturated rings. The van der Waals surface area contributed by atoms with Gasteiger partial charge in [0.1, 0.15) is 23.9 Å². The maximum absolute atomic E-state index is 13.8. The fraction of sp³-hybridized carbons (Fsp3) is 0.0800. The monoisotopic (exact) mass is 386 g/mol. The van der Waals surface area contributed by atoms with Crippen molar-refractivity contribution in [2.45, 2.75) is 13.5 Å². The summed E-state index contributed by atoms with van der Waals surface area (Å²) in [5.74, 6) is 0.831. The van der Waals surface area contributed by atoms with Crippen molar-refractivity contribution in [1.29, 1.82) is 0 Å². The molecule has 4 rings (SSSR count). The molecule has 1 heterocycles. The number of rotatable bonds is 5. The molecule has 0 atom stereocenters. The third-order valence-electron chi connectivity index (χ3n) is 4.71. The second kappa shape index (κ2) is 8.15. The molecule has 0 bridgehead atoms. The molecule has 0 saturated carbocycles. The average molecular weight is 386 g/mol. The van der Waals surface area contributed by atoms with Crippen LogP contribution >= 0.6 is 0 Å². The standard InChI is InChI=1S/C25H19FO3/c1-17-22(28-16-19-11-5-6-12-21(19)26)15-14-20-24(27)23(29-25(17)20)13-7-10-18-8-3-2-4-9-18/h2-15H,16H2,1H3/b10-7+,23-13-. The summed E-state index contributed by atoms with van der Waals surface area (Å²) < 4.78 is 25.4. The van der Waals surface area contributed by atoms with Crippen LogP contribution < -0.4 is 9.47 Å². The van der Waals surface area contributed by atoms with E-state index in [1.807, 2.05) is 43.3 Å². The molecular weight excluding hydrogens is 367 g/mol. The number of hydrogen-bond acceptors (Lipinski definition) is 3. The minimum atomic E-state index is -0.312. The van der Waals surface area contributed by atoms with E-state index >= 15 is 0 Å². The first kappa shape index (κ1) is 18.7. The number of Topliss-reactive ketones (excluding diaryl/α,β-unsaturated/α-hetero) is 1. The Morgan fingerprint density at radius 1 is 1.00 bits per heavy atom. The topological polar surface area (TPSA) is 35.5 Å². The average Bonchev–Trinajstić information content (AvgIpc) is 3.06. The Hall–Kier alpha value is -3.66. The molecule has 0 spiro atoms. The van der Waals surface area contributed by atoms with Gasteiger partial charge in [0, 0.05) is 11.1 Å². The molecular formula is C25H19FO3. The first-order valence-corrected chi connectivity index (χ1v) is 9.29. The third-order valence-corrected chi connectivity index (χ3v) is 4.71. The van der Waals surface area contributed by atoms with E-state index in [1.165, 1.54) is 6.07 Å². The van der Waals surface area contributed by atoms with Gasteiger partial charge in [-0.1, -0.05) is 60.7 Å². The van der Waals surface area contributed by atoms with E-state index in [1.54, 1.807) is 42.5 Å². The zero-order valence-corrected chi connectivity index (χ0v) is 15.9. The summed E-state index contributed by atoms with van der Waals surface area (Å²) in [5.41, 5.74) is 2.71. The molecule has 1 aliphatic heterocycles. The van der Waals surface area contributed by atoms with Gasteiger partial charge in [-0.25, -0.2) is 4.39 Å². The van der Waals surface area contributed by atoms with Crippen molar-refractivity contribution < 1.29 is 18.7 Å². The number of fused-ring (bicyclic) bond motifs is 1. The van der Waals surface area contributed by atoms with Crippen LogP contribution in [-0.4, -0.2) is 5.78 Å². The zero-order chi connectivity index (χ0) is 20.2. The van der Waals surface area contributed by atoms with Crippen molar-refractivity contribution in [1.82, 2.24) is 0 Å². The Labute approximate surface area is 168 Å². The molecule has 1 aliphatic rings. The van der Waals surface area contributed by atoms with Crippen molar-refractivity contribution in [3.8, 4) is 11.5 Å². The Balaban J connectivity index is 1.52. The summed E-state index contributed by atoms with van der Waals surface area (Å²) in [7, 11) is 0. The van der Waals surface area contributed by atoms with E-state index in [-0.39, 0.29) is 24.0 Å². The van der Waals surface area contributed by atoms with E-state index in [4.69, 9.17) is 9.47 Å². The van der Waals surface area contributed by atoms with Crippen molar-refractivity contribution in [2.24, 2.45) is 0 Å². The minimum absolute atomic E-state index is 0.1000.